The zero-order valence-electron chi connectivity index (χ0n) is 16.7. The first kappa shape index (κ1) is 21.4. The molecule has 0 fully saturated rings. The molecule has 0 saturated heterocycles. The van der Waals surface area contributed by atoms with Crippen LogP contribution in [0.1, 0.15) is 21.5 Å². The number of alkyl halides is 3. The van der Waals surface area contributed by atoms with E-state index in [1.807, 2.05) is 54.6 Å². The molecule has 0 heterocycles. The van der Waals surface area contributed by atoms with Crippen molar-refractivity contribution >= 4 is 33.4 Å². The largest absolute Gasteiger partial charge is 0.480 e. The first-order valence-electron chi connectivity index (χ1n) is 9.85. The zero-order chi connectivity index (χ0) is 22.9. The highest BCUT2D eigenvalue weighted by atomic mass is 19.4. The van der Waals surface area contributed by atoms with E-state index in [0.29, 0.717) is 5.56 Å². The minimum Gasteiger partial charge on any atom is -0.480 e. The van der Waals surface area contributed by atoms with Crippen LogP contribution in [0.3, 0.4) is 0 Å². The highest BCUT2D eigenvalue weighted by molar-refractivity contribution is 6.03. The molecule has 1 amide bonds. The van der Waals surface area contributed by atoms with E-state index in [1.165, 1.54) is 12.1 Å². The van der Waals surface area contributed by atoms with Crippen molar-refractivity contribution in [2.24, 2.45) is 0 Å². The van der Waals surface area contributed by atoms with Crippen LogP contribution in [0.25, 0.3) is 21.5 Å². The molecule has 0 spiro atoms. The Labute approximate surface area is 181 Å². The monoisotopic (exact) mass is 437 g/mol. The lowest BCUT2D eigenvalue weighted by atomic mass is 9.92. The Morgan fingerprint density at radius 2 is 1.38 bits per heavy atom. The van der Waals surface area contributed by atoms with Crippen LogP contribution < -0.4 is 5.32 Å². The summed E-state index contributed by atoms with van der Waals surface area (Å²) in [5.41, 5.74) is -1.03. The highest BCUT2D eigenvalue weighted by Crippen LogP contribution is 2.32. The summed E-state index contributed by atoms with van der Waals surface area (Å²) >= 11 is 0. The summed E-state index contributed by atoms with van der Waals surface area (Å²) in [5, 5.41) is 15.5. The highest BCUT2D eigenvalue weighted by Gasteiger charge is 2.35. The number of carbonyl (C=O) groups excluding carboxylic acids is 1. The fourth-order valence-electron chi connectivity index (χ4n) is 3.90. The molecule has 162 valence electrons. The Morgan fingerprint density at radius 1 is 0.844 bits per heavy atom. The van der Waals surface area contributed by atoms with Crippen LogP contribution in [0.15, 0.2) is 78.9 Å². The van der Waals surface area contributed by atoms with Crippen molar-refractivity contribution in [3.8, 4) is 0 Å². The van der Waals surface area contributed by atoms with Crippen LogP contribution in [-0.2, 0) is 17.4 Å². The van der Waals surface area contributed by atoms with Gasteiger partial charge >= 0.3 is 12.1 Å². The first-order chi connectivity index (χ1) is 15.3. The topological polar surface area (TPSA) is 66.4 Å². The van der Waals surface area contributed by atoms with Gasteiger partial charge in [-0.05, 0) is 45.3 Å². The Bertz CT molecular complexity index is 1280. The predicted octanol–water partition coefficient (Wildman–Crippen LogP) is 5.44. The van der Waals surface area contributed by atoms with Gasteiger partial charge in [0.2, 0.25) is 0 Å². The van der Waals surface area contributed by atoms with E-state index >= 15 is 0 Å². The molecule has 4 aromatic rings. The minimum atomic E-state index is -4.74. The fourth-order valence-corrected chi connectivity index (χ4v) is 3.90. The van der Waals surface area contributed by atoms with Crippen LogP contribution in [0, 0.1) is 0 Å². The third-order valence-electron chi connectivity index (χ3n) is 5.37. The molecule has 2 N–H and O–H groups in total. The summed E-state index contributed by atoms with van der Waals surface area (Å²) in [4.78, 5) is 24.7. The third-order valence-corrected chi connectivity index (χ3v) is 5.37. The predicted molar refractivity (Wildman–Crippen MR) is 115 cm³/mol. The maximum absolute atomic E-state index is 13.3. The maximum atomic E-state index is 13.3. The Morgan fingerprint density at radius 3 is 1.94 bits per heavy atom. The molecule has 0 unspecified atom stereocenters. The lowest BCUT2D eigenvalue weighted by Crippen LogP contribution is -2.43. The van der Waals surface area contributed by atoms with E-state index in [1.54, 1.807) is 0 Å². The van der Waals surface area contributed by atoms with Gasteiger partial charge in [0.1, 0.15) is 6.04 Å². The van der Waals surface area contributed by atoms with Crippen molar-refractivity contribution in [2.75, 3.05) is 0 Å². The van der Waals surface area contributed by atoms with Crippen LogP contribution in [-0.4, -0.2) is 23.0 Å². The number of carboxylic acid groups (broad SMARTS) is 1. The van der Waals surface area contributed by atoms with Crippen molar-refractivity contribution in [1.82, 2.24) is 5.32 Å². The van der Waals surface area contributed by atoms with Crippen LogP contribution in [0.4, 0.5) is 13.2 Å². The number of hydrogen-bond donors (Lipinski definition) is 2. The SMILES string of the molecule is O=C(N[C@H](Cc1c2ccccc2cc2ccccc12)C(=O)O)c1ccccc1C(F)(F)F. The molecule has 0 radical (unpaired) electrons. The van der Waals surface area contributed by atoms with E-state index in [2.05, 4.69) is 5.32 Å². The van der Waals surface area contributed by atoms with Crippen molar-refractivity contribution < 1.29 is 27.9 Å². The molecule has 0 aliphatic heterocycles. The summed E-state index contributed by atoms with van der Waals surface area (Å²) < 4.78 is 39.9. The van der Waals surface area contributed by atoms with Crippen molar-refractivity contribution in [3.63, 3.8) is 0 Å². The van der Waals surface area contributed by atoms with E-state index in [9.17, 15) is 27.9 Å². The summed E-state index contributed by atoms with van der Waals surface area (Å²) in [6.07, 6.45) is -4.82. The van der Waals surface area contributed by atoms with Gasteiger partial charge < -0.3 is 10.4 Å². The van der Waals surface area contributed by atoms with Gasteiger partial charge in [-0.15, -0.1) is 0 Å². The summed E-state index contributed by atoms with van der Waals surface area (Å²) in [6, 6.07) is 19.8. The van der Waals surface area contributed by atoms with Gasteiger partial charge in [-0.25, -0.2) is 4.79 Å². The average Bonchev–Trinajstić information content (AvgIpc) is 2.77. The molecule has 0 aromatic heterocycles. The number of carboxylic acids is 1. The molecule has 0 saturated carbocycles. The van der Waals surface area contributed by atoms with Gasteiger partial charge in [-0.3, -0.25) is 4.79 Å². The molecule has 7 heteroatoms. The van der Waals surface area contributed by atoms with Crippen molar-refractivity contribution in [2.45, 2.75) is 18.6 Å². The minimum absolute atomic E-state index is 0.0862. The number of amides is 1. The van der Waals surface area contributed by atoms with E-state index < -0.39 is 35.2 Å². The van der Waals surface area contributed by atoms with E-state index in [0.717, 1.165) is 33.7 Å². The summed E-state index contributed by atoms with van der Waals surface area (Å²) in [7, 11) is 0. The van der Waals surface area contributed by atoms with Gasteiger partial charge in [-0.2, -0.15) is 13.2 Å². The Hall–Kier alpha value is -3.87. The number of benzene rings is 4. The second-order valence-corrected chi connectivity index (χ2v) is 7.41. The van der Waals surface area contributed by atoms with Crippen molar-refractivity contribution in [1.29, 1.82) is 0 Å². The van der Waals surface area contributed by atoms with Gasteiger partial charge in [0.05, 0.1) is 11.1 Å². The van der Waals surface area contributed by atoms with Crippen LogP contribution in [0.5, 0.6) is 0 Å². The third kappa shape index (κ3) is 4.14. The Kier molecular flexibility index (Phi) is 5.57. The molecule has 0 aliphatic rings. The lowest BCUT2D eigenvalue weighted by molar-refractivity contribution is -0.139. The maximum Gasteiger partial charge on any atom is 0.417 e. The standard InChI is InChI=1S/C25H18F3NO3/c26-25(27,28)21-12-6-5-11-19(21)23(30)29-22(24(31)32)14-20-17-9-3-1-7-15(17)13-16-8-2-4-10-18(16)20/h1-13,22H,14H2,(H,29,30)(H,31,32)/t22-/m1/s1. The van der Waals surface area contributed by atoms with Gasteiger partial charge in [0.25, 0.3) is 5.91 Å². The number of nitrogens with one attached hydrogen (secondary N) is 1. The normalized spacial score (nSPS) is 12.6. The molecule has 4 aromatic carbocycles. The number of hydrogen-bond acceptors (Lipinski definition) is 2. The number of fused-ring (bicyclic) bond motifs is 2. The number of carbonyl (C=O) groups is 2. The molecule has 4 nitrogen and oxygen atoms in total. The number of halogens is 3. The fraction of sp³-hybridized carbons (Fsp3) is 0.120. The van der Waals surface area contributed by atoms with Crippen molar-refractivity contribution in [3.05, 3.63) is 95.6 Å². The zero-order valence-corrected chi connectivity index (χ0v) is 16.7. The van der Waals surface area contributed by atoms with Crippen LogP contribution in [0.2, 0.25) is 0 Å². The molecule has 4 rings (SSSR count). The van der Waals surface area contributed by atoms with Gasteiger partial charge in [-0.1, -0.05) is 60.7 Å². The van der Waals surface area contributed by atoms with Gasteiger partial charge in [0, 0.05) is 6.42 Å². The molecule has 32 heavy (non-hydrogen) atoms. The second kappa shape index (κ2) is 8.34. The molecule has 0 bridgehead atoms. The number of rotatable bonds is 5. The molecular formula is C25H18F3NO3. The number of aliphatic carboxylic acids is 1. The Balaban J connectivity index is 1.74. The first-order valence-corrected chi connectivity index (χ1v) is 9.85. The molecule has 1 atom stereocenters. The quantitative estimate of drug-likeness (QED) is 0.409. The van der Waals surface area contributed by atoms with E-state index in [4.69, 9.17) is 0 Å². The van der Waals surface area contributed by atoms with E-state index in [-0.39, 0.29) is 6.42 Å². The van der Waals surface area contributed by atoms with Crippen LogP contribution >= 0.6 is 0 Å². The molecule has 0 aliphatic carbocycles. The average molecular weight is 437 g/mol. The molecular weight excluding hydrogens is 419 g/mol. The summed E-state index contributed by atoms with van der Waals surface area (Å²) in [6.45, 7) is 0. The lowest BCUT2D eigenvalue weighted by Gasteiger charge is -2.19. The second-order valence-electron chi connectivity index (χ2n) is 7.41. The van der Waals surface area contributed by atoms with Gasteiger partial charge in [0.15, 0.2) is 0 Å². The summed E-state index contributed by atoms with van der Waals surface area (Å²) in [5.74, 6) is -2.42. The smallest absolute Gasteiger partial charge is 0.417 e.